The summed E-state index contributed by atoms with van der Waals surface area (Å²) in [6.45, 7) is 0.988. The highest BCUT2D eigenvalue weighted by Crippen LogP contribution is 2.25. The van der Waals surface area contributed by atoms with Crippen LogP contribution in [0.15, 0.2) is 24.3 Å². The Morgan fingerprint density at radius 1 is 1.35 bits per heavy atom. The molecule has 1 N–H and O–H groups in total. The molecule has 0 aliphatic carbocycles. The summed E-state index contributed by atoms with van der Waals surface area (Å²) in [7, 11) is -0.166. The van der Waals surface area contributed by atoms with E-state index < -0.39 is 10.0 Å². The fraction of sp³-hybridized carbons (Fsp3) is 0.571. The maximum atomic E-state index is 12.1. The maximum Gasteiger partial charge on any atom is 0.214 e. The van der Waals surface area contributed by atoms with Gasteiger partial charge in [-0.3, -0.25) is 0 Å². The number of sulfonamides is 1. The van der Waals surface area contributed by atoms with Crippen molar-refractivity contribution in [2.24, 2.45) is 5.92 Å². The Kier molecular flexibility index (Phi) is 5.01. The molecular formula is C14H21NO4S. The summed E-state index contributed by atoms with van der Waals surface area (Å²) in [5, 5.41) is -0.386. The van der Waals surface area contributed by atoms with E-state index in [1.54, 1.807) is 7.11 Å². The van der Waals surface area contributed by atoms with Crippen molar-refractivity contribution in [2.75, 3.05) is 27.4 Å². The molecule has 1 aromatic carbocycles. The van der Waals surface area contributed by atoms with Gasteiger partial charge in [0.15, 0.2) is 0 Å². The molecule has 0 spiro atoms. The minimum Gasteiger partial charge on any atom is -0.497 e. The van der Waals surface area contributed by atoms with E-state index in [-0.39, 0.29) is 11.2 Å². The molecule has 6 heteroatoms. The zero-order chi connectivity index (χ0) is 14.6. The third-order valence-corrected chi connectivity index (χ3v) is 5.73. The van der Waals surface area contributed by atoms with E-state index in [4.69, 9.17) is 9.47 Å². The highest BCUT2D eigenvalue weighted by molar-refractivity contribution is 7.90. The van der Waals surface area contributed by atoms with Gasteiger partial charge in [-0.05, 0) is 37.6 Å². The third kappa shape index (κ3) is 3.50. The Bertz CT molecular complexity index is 527. The minimum atomic E-state index is -3.26. The van der Waals surface area contributed by atoms with Gasteiger partial charge in [-0.2, -0.15) is 0 Å². The second kappa shape index (κ2) is 6.56. The molecule has 0 amide bonds. The largest absolute Gasteiger partial charge is 0.497 e. The van der Waals surface area contributed by atoms with Crippen LogP contribution in [0.25, 0.3) is 0 Å². The van der Waals surface area contributed by atoms with Gasteiger partial charge in [0.1, 0.15) is 5.75 Å². The third-order valence-electron chi connectivity index (χ3n) is 3.74. The molecule has 5 nitrogen and oxygen atoms in total. The molecule has 1 aromatic rings. The highest BCUT2D eigenvalue weighted by Gasteiger charge is 2.35. The molecule has 0 unspecified atom stereocenters. The molecule has 112 valence electrons. The quantitative estimate of drug-likeness (QED) is 0.887. The van der Waals surface area contributed by atoms with Gasteiger partial charge in [-0.25, -0.2) is 13.1 Å². The van der Waals surface area contributed by atoms with E-state index in [1.807, 2.05) is 24.3 Å². The number of nitrogens with one attached hydrogen (secondary N) is 1. The first-order valence-electron chi connectivity index (χ1n) is 6.70. The van der Waals surface area contributed by atoms with Gasteiger partial charge in [-0.15, -0.1) is 0 Å². The van der Waals surface area contributed by atoms with E-state index in [0.29, 0.717) is 26.1 Å². The molecule has 1 aliphatic rings. The van der Waals surface area contributed by atoms with Crippen molar-refractivity contribution < 1.29 is 17.9 Å². The normalized spacial score (nSPS) is 23.5. The molecule has 0 aromatic heterocycles. The average molecular weight is 299 g/mol. The number of benzene rings is 1. The second-order valence-corrected chi connectivity index (χ2v) is 7.07. The Balaban J connectivity index is 2.12. The van der Waals surface area contributed by atoms with Crippen molar-refractivity contribution in [1.82, 2.24) is 4.72 Å². The molecule has 1 heterocycles. The summed E-state index contributed by atoms with van der Waals surface area (Å²) >= 11 is 0. The summed E-state index contributed by atoms with van der Waals surface area (Å²) in [4.78, 5) is 0. The van der Waals surface area contributed by atoms with Gasteiger partial charge in [0.25, 0.3) is 0 Å². The van der Waals surface area contributed by atoms with Crippen molar-refractivity contribution >= 4 is 10.0 Å². The minimum absolute atomic E-state index is 0.0189. The SMILES string of the molecule is CNS(=O)(=O)[C@@H]1CCOC[C@@H]1Cc1ccc(OC)cc1. The molecular weight excluding hydrogens is 278 g/mol. The molecule has 20 heavy (non-hydrogen) atoms. The van der Waals surface area contributed by atoms with Gasteiger partial charge >= 0.3 is 0 Å². The van der Waals surface area contributed by atoms with Crippen molar-refractivity contribution in [3.8, 4) is 5.75 Å². The fourth-order valence-corrected chi connectivity index (χ4v) is 3.98. The summed E-state index contributed by atoms with van der Waals surface area (Å²) in [5.41, 5.74) is 1.10. The summed E-state index contributed by atoms with van der Waals surface area (Å²) in [5.74, 6) is 0.780. The number of hydrogen-bond acceptors (Lipinski definition) is 4. The Morgan fingerprint density at radius 2 is 2.05 bits per heavy atom. The highest BCUT2D eigenvalue weighted by atomic mass is 32.2. The van der Waals surface area contributed by atoms with Gasteiger partial charge in [0, 0.05) is 12.5 Å². The topological polar surface area (TPSA) is 64.6 Å². The molecule has 2 atom stereocenters. The smallest absolute Gasteiger partial charge is 0.214 e. The van der Waals surface area contributed by atoms with Crippen LogP contribution in [-0.2, 0) is 21.2 Å². The Hall–Kier alpha value is -1.11. The molecule has 0 saturated carbocycles. The fourth-order valence-electron chi connectivity index (χ4n) is 2.59. The number of hydrogen-bond donors (Lipinski definition) is 1. The Labute approximate surface area is 120 Å². The standard InChI is InChI=1S/C14H21NO4S/c1-15-20(16,17)14-7-8-19-10-12(14)9-11-3-5-13(18-2)6-4-11/h3-6,12,14-15H,7-10H2,1-2H3/t12-,14+/m0/s1. The number of methoxy groups -OCH3 is 1. The first-order chi connectivity index (χ1) is 9.56. The molecule has 0 bridgehead atoms. The van der Waals surface area contributed by atoms with Crippen molar-refractivity contribution in [1.29, 1.82) is 0 Å². The zero-order valence-electron chi connectivity index (χ0n) is 11.8. The van der Waals surface area contributed by atoms with E-state index in [9.17, 15) is 8.42 Å². The zero-order valence-corrected chi connectivity index (χ0v) is 12.7. The Morgan fingerprint density at radius 3 is 2.65 bits per heavy atom. The first kappa shape index (κ1) is 15.3. The molecule has 0 radical (unpaired) electrons. The lowest BCUT2D eigenvalue weighted by Crippen LogP contribution is -2.43. The van der Waals surface area contributed by atoms with Crippen LogP contribution in [0.4, 0.5) is 0 Å². The van der Waals surface area contributed by atoms with Crippen molar-refractivity contribution in [2.45, 2.75) is 18.1 Å². The second-order valence-electron chi connectivity index (χ2n) is 4.96. The summed E-state index contributed by atoms with van der Waals surface area (Å²) in [6.07, 6.45) is 1.24. The van der Waals surface area contributed by atoms with Crippen LogP contribution < -0.4 is 9.46 Å². The van der Waals surface area contributed by atoms with Crippen LogP contribution in [0.3, 0.4) is 0 Å². The van der Waals surface area contributed by atoms with E-state index >= 15 is 0 Å². The molecule has 1 aliphatic heterocycles. The van der Waals surface area contributed by atoms with E-state index in [2.05, 4.69) is 4.72 Å². The predicted octanol–water partition coefficient (Wildman–Crippen LogP) is 1.19. The summed E-state index contributed by atoms with van der Waals surface area (Å²) in [6, 6.07) is 7.72. The lowest BCUT2D eigenvalue weighted by Gasteiger charge is -2.31. The predicted molar refractivity (Wildman–Crippen MR) is 77.4 cm³/mol. The maximum absolute atomic E-state index is 12.1. The summed E-state index contributed by atoms with van der Waals surface area (Å²) < 4.78 is 37.2. The van der Waals surface area contributed by atoms with E-state index in [1.165, 1.54) is 7.05 Å². The lowest BCUT2D eigenvalue weighted by atomic mass is 9.93. The number of ether oxygens (including phenoxy) is 2. The lowest BCUT2D eigenvalue weighted by molar-refractivity contribution is 0.0570. The van der Waals surface area contributed by atoms with Gasteiger partial charge < -0.3 is 9.47 Å². The van der Waals surface area contributed by atoms with Crippen LogP contribution >= 0.6 is 0 Å². The van der Waals surface area contributed by atoms with Crippen molar-refractivity contribution in [3.63, 3.8) is 0 Å². The van der Waals surface area contributed by atoms with Crippen LogP contribution in [0, 0.1) is 5.92 Å². The molecule has 1 fully saturated rings. The first-order valence-corrected chi connectivity index (χ1v) is 8.24. The van der Waals surface area contributed by atoms with Crippen LogP contribution in [0.2, 0.25) is 0 Å². The molecule has 2 rings (SSSR count). The molecule has 1 saturated heterocycles. The number of rotatable bonds is 5. The van der Waals surface area contributed by atoms with Crippen LogP contribution in [0.5, 0.6) is 5.75 Å². The van der Waals surface area contributed by atoms with Crippen molar-refractivity contribution in [3.05, 3.63) is 29.8 Å². The average Bonchev–Trinajstić information content (AvgIpc) is 2.48. The van der Waals surface area contributed by atoms with Gasteiger partial charge in [-0.1, -0.05) is 12.1 Å². The van der Waals surface area contributed by atoms with Gasteiger partial charge in [0.05, 0.1) is 19.0 Å². The monoisotopic (exact) mass is 299 g/mol. The van der Waals surface area contributed by atoms with Crippen LogP contribution in [0.1, 0.15) is 12.0 Å². The van der Waals surface area contributed by atoms with Crippen LogP contribution in [-0.4, -0.2) is 41.0 Å². The van der Waals surface area contributed by atoms with E-state index in [0.717, 1.165) is 11.3 Å². The van der Waals surface area contributed by atoms with Gasteiger partial charge in [0.2, 0.25) is 10.0 Å².